The van der Waals surface area contributed by atoms with Crippen molar-refractivity contribution in [3.05, 3.63) is 29.3 Å². The number of ether oxygens (including phenoxy) is 2. The summed E-state index contributed by atoms with van der Waals surface area (Å²) in [6.45, 7) is 4.16. The highest BCUT2D eigenvalue weighted by atomic mass is 32.2. The van der Waals surface area contributed by atoms with Crippen molar-refractivity contribution in [2.75, 3.05) is 24.7 Å². The Morgan fingerprint density at radius 1 is 1.25 bits per heavy atom. The van der Waals surface area contributed by atoms with Crippen LogP contribution in [0.1, 0.15) is 30.4 Å². The molecule has 2 aliphatic rings. The molecule has 9 heteroatoms. The fourth-order valence-corrected chi connectivity index (χ4v) is 4.90. The van der Waals surface area contributed by atoms with Crippen LogP contribution in [-0.2, 0) is 24.2 Å². The smallest absolute Gasteiger partial charge is 0.354 e. The van der Waals surface area contributed by atoms with E-state index in [2.05, 4.69) is 5.10 Å². The highest BCUT2D eigenvalue weighted by Crippen LogP contribution is 2.22. The van der Waals surface area contributed by atoms with Gasteiger partial charge in [-0.05, 0) is 37.5 Å². The molecule has 1 fully saturated rings. The number of esters is 1. The summed E-state index contributed by atoms with van der Waals surface area (Å²) in [5.74, 6) is -0.217. The van der Waals surface area contributed by atoms with E-state index in [-0.39, 0.29) is 49.2 Å². The lowest BCUT2D eigenvalue weighted by Gasteiger charge is -2.27. The average molecular weight is 408 g/mol. The summed E-state index contributed by atoms with van der Waals surface area (Å²) in [5, 5.41) is 5.24. The number of hydrogen-bond acceptors (Lipinski definition) is 7. The van der Waals surface area contributed by atoms with Gasteiger partial charge in [0.1, 0.15) is 24.7 Å². The Morgan fingerprint density at radius 2 is 2.04 bits per heavy atom. The number of rotatable bonds is 6. The first kappa shape index (κ1) is 20.3. The number of hydrogen-bond donors (Lipinski definition) is 0. The van der Waals surface area contributed by atoms with Crippen molar-refractivity contribution < 1.29 is 27.5 Å². The van der Waals surface area contributed by atoms with Gasteiger partial charge in [0.15, 0.2) is 9.84 Å². The summed E-state index contributed by atoms with van der Waals surface area (Å²) in [7, 11) is -3.15. The molecule has 3 rings (SSSR count). The van der Waals surface area contributed by atoms with E-state index in [1.165, 1.54) is 0 Å². The number of hydrazone groups is 1. The quantitative estimate of drug-likeness (QED) is 0.521. The monoisotopic (exact) mass is 408 g/mol. The lowest BCUT2D eigenvalue weighted by molar-refractivity contribution is -0.137. The number of aryl methyl sites for hydroxylation is 2. The Hall–Kier alpha value is -2.42. The molecule has 1 atom stereocenters. The molecule has 0 radical (unpaired) electrons. The predicted molar refractivity (Wildman–Crippen MR) is 103 cm³/mol. The number of amides is 1. The Labute approximate surface area is 164 Å². The second-order valence-corrected chi connectivity index (χ2v) is 9.32. The Bertz CT molecular complexity index is 909. The summed E-state index contributed by atoms with van der Waals surface area (Å²) >= 11 is 0. The molecule has 1 amide bonds. The molecule has 1 aromatic carbocycles. The topological polar surface area (TPSA) is 102 Å². The molecular formula is C19H24N2O6S. The molecule has 0 spiro atoms. The Kier molecular flexibility index (Phi) is 6.02. The zero-order valence-electron chi connectivity index (χ0n) is 16.0. The van der Waals surface area contributed by atoms with Crippen molar-refractivity contribution >= 4 is 27.4 Å². The molecule has 0 aliphatic carbocycles. The molecule has 152 valence electrons. The molecule has 2 aliphatic heterocycles. The molecule has 8 nitrogen and oxygen atoms in total. The average Bonchev–Trinajstić information content (AvgIpc) is 3.01. The van der Waals surface area contributed by atoms with Gasteiger partial charge < -0.3 is 9.47 Å². The number of nitrogens with zero attached hydrogens (tertiary/aromatic N) is 2. The van der Waals surface area contributed by atoms with Crippen LogP contribution >= 0.6 is 0 Å². The first-order valence-corrected chi connectivity index (χ1v) is 11.0. The van der Waals surface area contributed by atoms with E-state index in [0.29, 0.717) is 6.42 Å². The maximum absolute atomic E-state index is 12.3. The highest BCUT2D eigenvalue weighted by Gasteiger charge is 2.37. The fraction of sp³-hybridized carbons (Fsp3) is 0.526. The molecule has 0 N–H and O–H groups in total. The van der Waals surface area contributed by atoms with Crippen molar-refractivity contribution in [1.29, 1.82) is 0 Å². The summed E-state index contributed by atoms with van der Waals surface area (Å²) < 4.78 is 34.2. The summed E-state index contributed by atoms with van der Waals surface area (Å²) in [6, 6.07) is 5.36. The third-order valence-electron chi connectivity index (χ3n) is 4.77. The molecule has 2 heterocycles. The number of sulfone groups is 1. The van der Waals surface area contributed by atoms with Gasteiger partial charge in [-0.1, -0.05) is 12.1 Å². The van der Waals surface area contributed by atoms with Crippen LogP contribution in [0.2, 0.25) is 0 Å². The van der Waals surface area contributed by atoms with Gasteiger partial charge in [-0.15, -0.1) is 0 Å². The third-order valence-corrected chi connectivity index (χ3v) is 6.52. The van der Waals surface area contributed by atoms with Gasteiger partial charge in [0.25, 0.3) is 0 Å². The van der Waals surface area contributed by atoms with Gasteiger partial charge in [-0.3, -0.25) is 4.79 Å². The van der Waals surface area contributed by atoms with E-state index in [9.17, 15) is 18.0 Å². The van der Waals surface area contributed by atoms with E-state index in [1.54, 1.807) is 0 Å². The first-order chi connectivity index (χ1) is 13.2. The first-order valence-electron chi connectivity index (χ1n) is 9.22. The zero-order chi connectivity index (χ0) is 20.3. The van der Waals surface area contributed by atoms with E-state index in [0.717, 1.165) is 21.9 Å². The molecule has 0 aromatic heterocycles. The van der Waals surface area contributed by atoms with Crippen molar-refractivity contribution in [3.63, 3.8) is 0 Å². The second-order valence-electron chi connectivity index (χ2n) is 7.10. The molecule has 0 unspecified atom stereocenters. The Balaban J connectivity index is 1.54. The number of carbonyl (C=O) groups is 2. The SMILES string of the molecule is Cc1ccc(C)c(OCCOC(=O)C2=NN([C@@H]3CCS(=O)(=O)C3)C(=O)CC2)c1. The second kappa shape index (κ2) is 8.30. The number of carbonyl (C=O) groups excluding carboxylic acids is 2. The van der Waals surface area contributed by atoms with Crippen LogP contribution < -0.4 is 4.74 Å². The van der Waals surface area contributed by atoms with Crippen LogP contribution in [0, 0.1) is 13.8 Å². The van der Waals surface area contributed by atoms with Gasteiger partial charge in [-0.2, -0.15) is 5.10 Å². The van der Waals surface area contributed by atoms with Crippen molar-refractivity contribution in [3.8, 4) is 5.75 Å². The lowest BCUT2D eigenvalue weighted by atomic mass is 10.1. The zero-order valence-corrected chi connectivity index (χ0v) is 16.8. The van der Waals surface area contributed by atoms with E-state index >= 15 is 0 Å². The third kappa shape index (κ3) is 4.89. The van der Waals surface area contributed by atoms with Crippen LogP contribution in [0.15, 0.2) is 23.3 Å². The normalized spacial score (nSPS) is 21.4. The van der Waals surface area contributed by atoms with Crippen LogP contribution in [0.4, 0.5) is 0 Å². The number of benzene rings is 1. The van der Waals surface area contributed by atoms with E-state index in [1.807, 2.05) is 32.0 Å². The molecule has 28 heavy (non-hydrogen) atoms. The van der Waals surface area contributed by atoms with Crippen LogP contribution in [0.25, 0.3) is 0 Å². The fourth-order valence-electron chi connectivity index (χ4n) is 3.20. The summed E-state index contributed by atoms with van der Waals surface area (Å²) in [6.07, 6.45) is 0.637. The van der Waals surface area contributed by atoms with Gasteiger partial charge in [0.05, 0.1) is 17.5 Å². The minimum absolute atomic E-state index is 0.0342. The molecule has 1 aromatic rings. The van der Waals surface area contributed by atoms with Crippen molar-refractivity contribution in [1.82, 2.24) is 5.01 Å². The van der Waals surface area contributed by atoms with Crippen molar-refractivity contribution in [2.24, 2.45) is 5.10 Å². The highest BCUT2D eigenvalue weighted by molar-refractivity contribution is 7.91. The lowest BCUT2D eigenvalue weighted by Crippen LogP contribution is -2.42. The van der Waals surface area contributed by atoms with Gasteiger partial charge >= 0.3 is 5.97 Å². The molecular weight excluding hydrogens is 384 g/mol. The predicted octanol–water partition coefficient (Wildman–Crippen LogP) is 1.39. The van der Waals surface area contributed by atoms with Crippen molar-refractivity contribution in [2.45, 2.75) is 39.2 Å². The summed E-state index contributed by atoms with van der Waals surface area (Å²) in [5.41, 5.74) is 2.21. The van der Waals surface area contributed by atoms with E-state index in [4.69, 9.17) is 9.47 Å². The maximum atomic E-state index is 12.3. The van der Waals surface area contributed by atoms with Crippen LogP contribution in [0.3, 0.4) is 0 Å². The standard InChI is InChI=1S/C19H24N2O6S/c1-13-3-4-14(2)17(11-13)26-8-9-27-19(23)16-5-6-18(22)21(20-16)15-7-10-28(24,25)12-15/h3-4,11,15H,5-10,12H2,1-2H3/t15-/m1/s1. The molecule has 1 saturated heterocycles. The molecule has 0 bridgehead atoms. The Morgan fingerprint density at radius 3 is 2.75 bits per heavy atom. The van der Waals surface area contributed by atoms with Crippen LogP contribution in [0.5, 0.6) is 5.75 Å². The largest absolute Gasteiger partial charge is 0.490 e. The minimum Gasteiger partial charge on any atom is -0.490 e. The maximum Gasteiger partial charge on any atom is 0.354 e. The molecule has 0 saturated carbocycles. The van der Waals surface area contributed by atoms with Gasteiger partial charge in [0.2, 0.25) is 5.91 Å². The summed E-state index contributed by atoms with van der Waals surface area (Å²) in [4.78, 5) is 24.3. The van der Waals surface area contributed by atoms with E-state index < -0.39 is 21.8 Å². The van der Waals surface area contributed by atoms with Gasteiger partial charge in [0, 0.05) is 12.8 Å². The van der Waals surface area contributed by atoms with Gasteiger partial charge in [-0.25, -0.2) is 18.2 Å². The minimum atomic E-state index is -3.15. The van der Waals surface area contributed by atoms with Crippen LogP contribution in [-0.4, -0.2) is 61.8 Å².